The highest BCUT2D eigenvalue weighted by Crippen LogP contribution is 2.55. The number of nitrogens with zero attached hydrogens (tertiary/aromatic N) is 2. The van der Waals surface area contributed by atoms with Crippen molar-refractivity contribution in [2.75, 3.05) is 4.90 Å². The molecule has 0 fully saturated rings. The van der Waals surface area contributed by atoms with Crippen LogP contribution in [0, 0.1) is 0 Å². The average molecular weight is 388 g/mol. The first kappa shape index (κ1) is 17.0. The van der Waals surface area contributed by atoms with E-state index >= 15 is 0 Å². The van der Waals surface area contributed by atoms with E-state index in [2.05, 4.69) is 47.1 Å². The largest absolute Gasteiger partial charge is 0.328 e. The van der Waals surface area contributed by atoms with E-state index in [4.69, 9.17) is 0 Å². The molecule has 3 heteroatoms. The smallest absolute Gasteiger partial charge is 0.263 e. The summed E-state index contributed by atoms with van der Waals surface area (Å²) in [5.41, 5.74) is 4.19. The Balaban J connectivity index is 1.68. The third-order valence-corrected chi connectivity index (χ3v) is 6.33. The Labute approximate surface area is 175 Å². The lowest BCUT2D eigenvalue weighted by atomic mass is 9.73. The van der Waals surface area contributed by atoms with Gasteiger partial charge in [-0.1, -0.05) is 72.8 Å². The van der Waals surface area contributed by atoms with Gasteiger partial charge in [0.25, 0.3) is 5.91 Å². The molecule has 1 amide bonds. The Bertz CT molecular complexity index is 1270. The van der Waals surface area contributed by atoms with Crippen molar-refractivity contribution in [2.45, 2.75) is 11.5 Å². The van der Waals surface area contributed by atoms with E-state index < -0.39 is 5.54 Å². The molecule has 30 heavy (non-hydrogen) atoms. The Morgan fingerprint density at radius 3 is 2.23 bits per heavy atom. The summed E-state index contributed by atoms with van der Waals surface area (Å²) < 4.78 is 2.16. The highest BCUT2D eigenvalue weighted by Gasteiger charge is 2.58. The number of allylic oxidation sites excluding steroid dienone is 1. The van der Waals surface area contributed by atoms with Crippen molar-refractivity contribution in [3.63, 3.8) is 0 Å². The lowest BCUT2D eigenvalue weighted by Crippen LogP contribution is -2.49. The lowest BCUT2D eigenvalue weighted by molar-refractivity contribution is -0.124. The van der Waals surface area contributed by atoms with Crippen molar-refractivity contribution < 1.29 is 4.79 Å². The van der Waals surface area contributed by atoms with Gasteiger partial charge in [0.2, 0.25) is 0 Å². The van der Waals surface area contributed by atoms with Crippen LogP contribution in [0.2, 0.25) is 0 Å². The van der Waals surface area contributed by atoms with Crippen LogP contribution in [-0.4, -0.2) is 10.5 Å². The number of hydrogen-bond acceptors (Lipinski definition) is 1. The van der Waals surface area contributed by atoms with E-state index in [1.54, 1.807) is 0 Å². The topological polar surface area (TPSA) is 25.2 Å². The maximum Gasteiger partial charge on any atom is 0.263 e. The van der Waals surface area contributed by atoms with E-state index in [1.165, 1.54) is 0 Å². The zero-order chi connectivity index (χ0) is 20.1. The Morgan fingerprint density at radius 2 is 1.43 bits per heavy atom. The molecule has 2 aliphatic heterocycles. The first-order chi connectivity index (χ1) is 14.8. The molecular formula is C27H20N2O. The second-order valence-electron chi connectivity index (χ2n) is 7.81. The van der Waals surface area contributed by atoms with Crippen LogP contribution < -0.4 is 4.90 Å². The first-order valence-electron chi connectivity index (χ1n) is 10.2. The molecular weight excluding hydrogens is 368 g/mol. The Hall–Kier alpha value is -3.85. The second kappa shape index (κ2) is 6.33. The Morgan fingerprint density at radius 1 is 0.733 bits per heavy atom. The fraction of sp³-hybridized carbons (Fsp3) is 0.0741. The standard InChI is InChI=1S/C27H20N2O/c30-26-27(24-15-7-8-16-25(24)29(26)22-12-5-2-6-13-22)23(20-10-3-1-4-11-20)18-17-21-14-9-19-28(21)27/h1-19,23H/t23-,27+/m0/s1. The van der Waals surface area contributed by atoms with Gasteiger partial charge < -0.3 is 4.57 Å². The molecule has 2 atom stereocenters. The summed E-state index contributed by atoms with van der Waals surface area (Å²) in [4.78, 5) is 16.3. The summed E-state index contributed by atoms with van der Waals surface area (Å²) in [6.45, 7) is 0. The van der Waals surface area contributed by atoms with Gasteiger partial charge in [-0.05, 0) is 42.0 Å². The van der Waals surface area contributed by atoms with Crippen molar-refractivity contribution >= 4 is 23.4 Å². The van der Waals surface area contributed by atoms with Crippen LogP contribution in [0.5, 0.6) is 0 Å². The number of hydrogen-bond donors (Lipinski definition) is 0. The summed E-state index contributed by atoms with van der Waals surface area (Å²) >= 11 is 0. The molecule has 144 valence electrons. The highest BCUT2D eigenvalue weighted by molar-refractivity contribution is 6.14. The zero-order valence-electron chi connectivity index (χ0n) is 16.3. The predicted octanol–water partition coefficient (Wildman–Crippen LogP) is 5.72. The van der Waals surface area contributed by atoms with E-state index in [9.17, 15) is 4.79 Å². The van der Waals surface area contributed by atoms with Crippen LogP contribution in [0.25, 0.3) is 6.08 Å². The van der Waals surface area contributed by atoms with Crippen molar-refractivity contribution in [3.05, 3.63) is 126 Å². The third kappa shape index (κ3) is 2.12. The molecule has 0 radical (unpaired) electrons. The molecule has 6 rings (SSSR count). The number of benzene rings is 3. The summed E-state index contributed by atoms with van der Waals surface area (Å²) in [6.07, 6.45) is 6.36. The maximum absolute atomic E-state index is 14.5. The van der Waals surface area contributed by atoms with Crippen LogP contribution >= 0.6 is 0 Å². The van der Waals surface area contributed by atoms with Crippen LogP contribution in [0.15, 0.2) is 109 Å². The van der Waals surface area contributed by atoms with Crippen LogP contribution in [-0.2, 0) is 10.3 Å². The van der Waals surface area contributed by atoms with Gasteiger partial charge in [-0.15, -0.1) is 0 Å². The van der Waals surface area contributed by atoms with Gasteiger partial charge in [-0.2, -0.15) is 0 Å². The van der Waals surface area contributed by atoms with Crippen molar-refractivity contribution in [3.8, 4) is 0 Å². The van der Waals surface area contributed by atoms with Gasteiger partial charge >= 0.3 is 0 Å². The molecule has 3 nitrogen and oxygen atoms in total. The number of aromatic nitrogens is 1. The van der Waals surface area contributed by atoms with Gasteiger partial charge in [0.1, 0.15) is 0 Å². The molecule has 2 aliphatic rings. The van der Waals surface area contributed by atoms with Crippen LogP contribution in [0.4, 0.5) is 11.4 Å². The van der Waals surface area contributed by atoms with E-state index in [1.807, 2.05) is 77.8 Å². The first-order valence-corrected chi connectivity index (χ1v) is 10.2. The molecule has 3 aromatic carbocycles. The average Bonchev–Trinajstić information content (AvgIpc) is 3.38. The molecule has 0 bridgehead atoms. The minimum Gasteiger partial charge on any atom is -0.328 e. The maximum atomic E-state index is 14.5. The predicted molar refractivity (Wildman–Crippen MR) is 120 cm³/mol. The zero-order valence-corrected chi connectivity index (χ0v) is 16.3. The normalized spacial score (nSPS) is 21.7. The lowest BCUT2D eigenvalue weighted by Gasteiger charge is -2.40. The minimum atomic E-state index is -0.860. The van der Waals surface area contributed by atoms with Gasteiger partial charge in [-0.3, -0.25) is 9.69 Å². The van der Waals surface area contributed by atoms with Gasteiger partial charge in [0.05, 0.1) is 5.69 Å². The number of para-hydroxylation sites is 2. The summed E-state index contributed by atoms with van der Waals surface area (Å²) in [5.74, 6) is -0.0356. The second-order valence-corrected chi connectivity index (χ2v) is 7.81. The number of amides is 1. The number of carbonyl (C=O) groups is 1. The van der Waals surface area contributed by atoms with Crippen molar-refractivity contribution in [1.82, 2.24) is 4.57 Å². The van der Waals surface area contributed by atoms with Crippen molar-refractivity contribution in [1.29, 1.82) is 0 Å². The van der Waals surface area contributed by atoms with Gasteiger partial charge in [0, 0.05) is 29.1 Å². The highest BCUT2D eigenvalue weighted by atomic mass is 16.2. The molecule has 1 aromatic heterocycles. The number of anilines is 2. The van der Waals surface area contributed by atoms with E-state index in [0.717, 1.165) is 28.2 Å². The summed E-state index contributed by atoms with van der Waals surface area (Å²) in [6, 6.07) is 32.6. The van der Waals surface area contributed by atoms with Crippen molar-refractivity contribution in [2.24, 2.45) is 0 Å². The third-order valence-electron chi connectivity index (χ3n) is 6.33. The van der Waals surface area contributed by atoms with E-state index in [-0.39, 0.29) is 11.8 Å². The monoisotopic (exact) mass is 388 g/mol. The van der Waals surface area contributed by atoms with E-state index in [0.29, 0.717) is 0 Å². The summed E-state index contributed by atoms with van der Waals surface area (Å²) in [5, 5.41) is 0. The molecule has 0 N–H and O–H groups in total. The van der Waals surface area contributed by atoms with Gasteiger partial charge in [-0.25, -0.2) is 0 Å². The minimum absolute atomic E-state index is 0.0746. The SMILES string of the molecule is O=C1N(c2ccccc2)c2ccccc2[C@]12[C@H](c1ccccc1)C=Cc1cccn12. The molecule has 4 aromatic rings. The molecule has 0 aliphatic carbocycles. The molecule has 1 spiro atoms. The number of carbonyl (C=O) groups excluding carboxylic acids is 1. The fourth-order valence-electron chi connectivity index (χ4n) is 5.10. The number of fused-ring (bicyclic) bond motifs is 4. The fourth-order valence-corrected chi connectivity index (χ4v) is 5.10. The molecule has 0 unspecified atom stereocenters. The van der Waals surface area contributed by atoms with Crippen LogP contribution in [0.3, 0.4) is 0 Å². The number of rotatable bonds is 2. The summed E-state index contributed by atoms with van der Waals surface area (Å²) in [7, 11) is 0. The molecule has 3 heterocycles. The quantitative estimate of drug-likeness (QED) is 0.431. The molecule has 0 saturated carbocycles. The van der Waals surface area contributed by atoms with Crippen LogP contribution in [0.1, 0.15) is 22.7 Å². The molecule has 0 saturated heterocycles. The van der Waals surface area contributed by atoms with Gasteiger partial charge in [0.15, 0.2) is 5.54 Å². The Kier molecular flexibility index (Phi) is 3.59.